The van der Waals surface area contributed by atoms with Gasteiger partial charge in [-0.25, -0.2) is 0 Å². The Bertz CT molecular complexity index is 855. The fourth-order valence-electron chi connectivity index (χ4n) is 3.92. The van der Waals surface area contributed by atoms with E-state index in [0.29, 0.717) is 23.2 Å². The highest BCUT2D eigenvalue weighted by Gasteiger charge is 2.35. The number of thioether (sulfide) groups is 1. The molecule has 0 N–H and O–H groups in total. The molecule has 0 bridgehead atoms. The van der Waals surface area contributed by atoms with Crippen LogP contribution in [0, 0.1) is 0 Å². The van der Waals surface area contributed by atoms with Crippen molar-refractivity contribution in [1.82, 2.24) is 10.2 Å². The van der Waals surface area contributed by atoms with Crippen molar-refractivity contribution >= 4 is 39.9 Å². The van der Waals surface area contributed by atoms with Crippen LogP contribution < -0.4 is 4.90 Å². The summed E-state index contributed by atoms with van der Waals surface area (Å²) in [7, 11) is 0. The van der Waals surface area contributed by atoms with Gasteiger partial charge in [0.1, 0.15) is 0 Å². The number of hydrogen-bond acceptors (Lipinski definition) is 6. The zero-order valence-corrected chi connectivity index (χ0v) is 18.4. The van der Waals surface area contributed by atoms with E-state index in [1.807, 2.05) is 19.1 Å². The molecule has 1 aromatic heterocycles. The molecule has 1 aromatic carbocycles. The summed E-state index contributed by atoms with van der Waals surface area (Å²) in [6.07, 6.45) is 9.03. The molecule has 29 heavy (non-hydrogen) atoms. The molecular formula is C22H27N3O2S2. The lowest BCUT2D eigenvalue weighted by Crippen LogP contribution is -2.32. The number of benzene rings is 1. The first-order valence-electron chi connectivity index (χ1n) is 10.6. The molecule has 2 aromatic rings. The molecule has 0 radical (unpaired) electrons. The predicted molar refractivity (Wildman–Crippen MR) is 118 cm³/mol. The Hall–Kier alpha value is -1.73. The van der Waals surface area contributed by atoms with E-state index in [9.17, 15) is 9.59 Å². The van der Waals surface area contributed by atoms with Crippen molar-refractivity contribution in [3.63, 3.8) is 0 Å². The van der Waals surface area contributed by atoms with Crippen molar-refractivity contribution in [1.29, 1.82) is 0 Å². The first kappa shape index (κ1) is 20.5. The third kappa shape index (κ3) is 5.07. The number of ketones is 1. The number of rotatable bonds is 8. The van der Waals surface area contributed by atoms with Gasteiger partial charge in [0.15, 0.2) is 10.1 Å². The van der Waals surface area contributed by atoms with Crippen molar-refractivity contribution < 1.29 is 9.59 Å². The van der Waals surface area contributed by atoms with Crippen LogP contribution in [-0.4, -0.2) is 33.7 Å². The van der Waals surface area contributed by atoms with Crippen LogP contribution in [0.3, 0.4) is 0 Å². The van der Waals surface area contributed by atoms with Crippen molar-refractivity contribution in [2.45, 2.75) is 74.6 Å². The van der Waals surface area contributed by atoms with Crippen LogP contribution in [0.5, 0.6) is 0 Å². The molecule has 2 aliphatic rings. The number of nitrogens with zero attached hydrogens (tertiary/aromatic N) is 3. The van der Waals surface area contributed by atoms with E-state index in [4.69, 9.17) is 0 Å². The number of carbonyl (C=O) groups is 2. The monoisotopic (exact) mass is 429 g/mol. The molecule has 0 aliphatic heterocycles. The number of hydrogen-bond donors (Lipinski definition) is 0. The number of carbonyl (C=O) groups excluding carboxylic acids is 2. The van der Waals surface area contributed by atoms with E-state index in [1.165, 1.54) is 60.8 Å². The van der Waals surface area contributed by atoms with Crippen LogP contribution in [0.15, 0.2) is 28.6 Å². The van der Waals surface area contributed by atoms with Gasteiger partial charge in [-0.15, -0.1) is 10.2 Å². The molecule has 2 saturated carbocycles. The van der Waals surface area contributed by atoms with Gasteiger partial charge in [0.2, 0.25) is 11.0 Å². The standard InChI is InChI=1S/C22H27N3O2S2/c1-2-20(27)25(18-12-13-18)21-23-24-22(29-21)28-14-19(26)17-10-8-16(9-11-17)15-6-4-3-5-7-15/h8-11,15,18H,2-7,12-14H2,1H3. The fourth-order valence-corrected chi connectivity index (χ4v) is 5.74. The average Bonchev–Trinajstić information content (AvgIpc) is 3.50. The summed E-state index contributed by atoms with van der Waals surface area (Å²) in [6.45, 7) is 1.87. The van der Waals surface area contributed by atoms with Gasteiger partial charge in [-0.2, -0.15) is 0 Å². The van der Waals surface area contributed by atoms with Crippen LogP contribution in [0.1, 0.15) is 80.1 Å². The van der Waals surface area contributed by atoms with E-state index in [0.717, 1.165) is 22.7 Å². The highest BCUT2D eigenvalue weighted by atomic mass is 32.2. The van der Waals surface area contributed by atoms with Crippen LogP contribution in [0.2, 0.25) is 0 Å². The van der Waals surface area contributed by atoms with Gasteiger partial charge in [-0.1, -0.05) is 73.6 Å². The summed E-state index contributed by atoms with van der Waals surface area (Å²) in [5.74, 6) is 1.19. The smallest absolute Gasteiger partial charge is 0.228 e. The van der Waals surface area contributed by atoms with Crippen molar-refractivity contribution in [3.05, 3.63) is 35.4 Å². The molecule has 0 unspecified atom stereocenters. The van der Waals surface area contributed by atoms with E-state index in [1.54, 1.807) is 4.90 Å². The second-order valence-electron chi connectivity index (χ2n) is 7.87. The largest absolute Gasteiger partial charge is 0.293 e. The molecule has 1 amide bonds. The molecule has 0 atom stereocenters. The number of aromatic nitrogens is 2. The summed E-state index contributed by atoms with van der Waals surface area (Å²) in [4.78, 5) is 26.6. The summed E-state index contributed by atoms with van der Waals surface area (Å²) in [5, 5.41) is 9.05. The molecule has 154 valence electrons. The average molecular weight is 430 g/mol. The van der Waals surface area contributed by atoms with E-state index in [-0.39, 0.29) is 17.7 Å². The molecule has 1 heterocycles. The minimum absolute atomic E-state index is 0.0920. The lowest BCUT2D eigenvalue weighted by Gasteiger charge is -2.22. The quantitative estimate of drug-likeness (QED) is 0.316. The van der Waals surface area contributed by atoms with Crippen LogP contribution in [0.25, 0.3) is 0 Å². The summed E-state index contributed by atoms with van der Waals surface area (Å²) >= 11 is 2.81. The third-order valence-electron chi connectivity index (χ3n) is 5.72. The Morgan fingerprint density at radius 1 is 1.07 bits per heavy atom. The summed E-state index contributed by atoms with van der Waals surface area (Å²) < 4.78 is 0.738. The van der Waals surface area contributed by atoms with Crippen molar-refractivity contribution in [3.8, 4) is 0 Å². The van der Waals surface area contributed by atoms with Crippen LogP contribution >= 0.6 is 23.1 Å². The van der Waals surface area contributed by atoms with Gasteiger partial charge in [0, 0.05) is 18.0 Å². The minimum Gasteiger partial charge on any atom is -0.293 e. The van der Waals surface area contributed by atoms with Gasteiger partial charge in [0.25, 0.3) is 0 Å². The fraction of sp³-hybridized carbons (Fsp3) is 0.545. The highest BCUT2D eigenvalue weighted by Crippen LogP contribution is 2.36. The maximum absolute atomic E-state index is 12.6. The Morgan fingerprint density at radius 2 is 1.79 bits per heavy atom. The zero-order chi connectivity index (χ0) is 20.2. The molecule has 0 saturated heterocycles. The van der Waals surface area contributed by atoms with Gasteiger partial charge in [-0.3, -0.25) is 14.5 Å². The maximum atomic E-state index is 12.6. The van der Waals surface area contributed by atoms with Gasteiger partial charge >= 0.3 is 0 Å². The topological polar surface area (TPSA) is 63.2 Å². The van der Waals surface area contributed by atoms with Crippen molar-refractivity contribution in [2.24, 2.45) is 0 Å². The normalized spacial score (nSPS) is 17.3. The summed E-state index contributed by atoms with van der Waals surface area (Å²) in [5.41, 5.74) is 2.12. The van der Waals surface area contributed by atoms with E-state index >= 15 is 0 Å². The van der Waals surface area contributed by atoms with E-state index < -0.39 is 0 Å². The summed E-state index contributed by atoms with van der Waals surface area (Å²) in [6, 6.07) is 8.46. The molecule has 0 spiro atoms. The SMILES string of the molecule is CCC(=O)N(c1nnc(SCC(=O)c2ccc(C3CCCCC3)cc2)s1)C1CC1. The van der Waals surface area contributed by atoms with Crippen molar-refractivity contribution in [2.75, 3.05) is 10.7 Å². The van der Waals surface area contributed by atoms with Crippen LogP contribution in [-0.2, 0) is 4.79 Å². The Morgan fingerprint density at radius 3 is 2.45 bits per heavy atom. The molecule has 2 aliphatic carbocycles. The first-order chi connectivity index (χ1) is 14.2. The highest BCUT2D eigenvalue weighted by molar-refractivity contribution is 8.01. The van der Waals surface area contributed by atoms with Gasteiger partial charge in [-0.05, 0) is 37.2 Å². The lowest BCUT2D eigenvalue weighted by molar-refractivity contribution is -0.118. The Kier molecular flexibility index (Phi) is 6.65. The Balaban J connectivity index is 1.34. The Labute approximate surface area is 180 Å². The number of amides is 1. The number of anilines is 1. The van der Waals surface area contributed by atoms with E-state index in [2.05, 4.69) is 22.3 Å². The third-order valence-corrected chi connectivity index (χ3v) is 7.78. The molecule has 7 heteroatoms. The maximum Gasteiger partial charge on any atom is 0.228 e. The second kappa shape index (κ2) is 9.39. The molecular weight excluding hydrogens is 402 g/mol. The van der Waals surface area contributed by atoms with Gasteiger partial charge < -0.3 is 0 Å². The first-order valence-corrected chi connectivity index (χ1v) is 12.4. The van der Waals surface area contributed by atoms with Gasteiger partial charge in [0.05, 0.1) is 5.75 Å². The van der Waals surface area contributed by atoms with Crippen LogP contribution in [0.4, 0.5) is 5.13 Å². The lowest BCUT2D eigenvalue weighted by atomic mass is 9.84. The molecule has 4 rings (SSSR count). The minimum atomic E-state index is 0.0920. The number of Topliss-reactive ketones (excluding diaryl/α,β-unsaturated/α-hetero) is 1. The molecule has 2 fully saturated rings. The second-order valence-corrected chi connectivity index (χ2v) is 10.0. The predicted octanol–water partition coefficient (Wildman–Crippen LogP) is 5.47. The zero-order valence-electron chi connectivity index (χ0n) is 16.8. The molecule has 5 nitrogen and oxygen atoms in total.